The van der Waals surface area contributed by atoms with E-state index < -0.39 is 0 Å². The van der Waals surface area contributed by atoms with Crippen molar-refractivity contribution in [2.45, 2.75) is 13.5 Å². The molecule has 2 amide bonds. The number of aryl methyl sites for hydroxylation is 1. The van der Waals surface area contributed by atoms with Gasteiger partial charge in [-0.25, -0.2) is 4.98 Å². The molecule has 0 atom stereocenters. The van der Waals surface area contributed by atoms with Gasteiger partial charge in [-0.15, -0.1) is 0 Å². The Morgan fingerprint density at radius 1 is 1.00 bits per heavy atom. The van der Waals surface area contributed by atoms with Gasteiger partial charge in [0.25, 0.3) is 11.5 Å². The smallest absolute Gasteiger partial charge is 0.261 e. The molecule has 160 valence electrons. The topological polar surface area (TPSA) is 75.5 Å². The van der Waals surface area contributed by atoms with Crippen molar-refractivity contribution < 1.29 is 9.59 Å². The van der Waals surface area contributed by atoms with E-state index in [0.717, 1.165) is 0 Å². The van der Waals surface area contributed by atoms with Gasteiger partial charge in [0.05, 0.1) is 21.5 Å². The lowest BCUT2D eigenvalue weighted by molar-refractivity contribution is -0.133. The van der Waals surface area contributed by atoms with Crippen molar-refractivity contribution in [3.8, 4) is 0 Å². The molecule has 2 aromatic carbocycles. The number of piperazine rings is 1. The Hall–Kier alpha value is -2.90. The number of para-hydroxylation sites is 1. The third-order valence-electron chi connectivity index (χ3n) is 5.43. The molecule has 3 aromatic rings. The zero-order valence-electron chi connectivity index (χ0n) is 16.8. The average Bonchev–Trinajstić information content (AvgIpc) is 2.76. The van der Waals surface area contributed by atoms with Gasteiger partial charge in [-0.3, -0.25) is 19.0 Å². The predicted octanol–water partition coefficient (Wildman–Crippen LogP) is 3.00. The van der Waals surface area contributed by atoms with Crippen LogP contribution in [0, 0.1) is 6.92 Å². The molecule has 2 heterocycles. The van der Waals surface area contributed by atoms with Crippen LogP contribution >= 0.6 is 23.2 Å². The van der Waals surface area contributed by atoms with Gasteiger partial charge in [-0.1, -0.05) is 35.3 Å². The summed E-state index contributed by atoms with van der Waals surface area (Å²) in [5.41, 5.74) is 0.764. The average molecular weight is 459 g/mol. The Morgan fingerprint density at radius 2 is 1.68 bits per heavy atom. The van der Waals surface area contributed by atoms with E-state index in [1.807, 2.05) is 6.07 Å². The van der Waals surface area contributed by atoms with Gasteiger partial charge in [0, 0.05) is 31.2 Å². The van der Waals surface area contributed by atoms with Gasteiger partial charge in [-0.2, -0.15) is 0 Å². The van der Waals surface area contributed by atoms with E-state index in [1.165, 1.54) is 10.6 Å². The lowest BCUT2D eigenvalue weighted by Crippen LogP contribution is -2.51. The van der Waals surface area contributed by atoms with Gasteiger partial charge >= 0.3 is 0 Å². The fourth-order valence-corrected chi connectivity index (χ4v) is 4.18. The Bertz CT molecular complexity index is 1230. The number of carbonyl (C=O) groups excluding carboxylic acids is 2. The Kier molecular flexibility index (Phi) is 5.98. The van der Waals surface area contributed by atoms with Crippen LogP contribution < -0.4 is 5.56 Å². The molecular weight excluding hydrogens is 439 g/mol. The Balaban J connectivity index is 1.44. The van der Waals surface area contributed by atoms with Crippen LogP contribution in [0.3, 0.4) is 0 Å². The first-order valence-corrected chi connectivity index (χ1v) is 10.6. The summed E-state index contributed by atoms with van der Waals surface area (Å²) in [5, 5.41) is 1.25. The molecule has 0 N–H and O–H groups in total. The first-order chi connectivity index (χ1) is 14.8. The maximum absolute atomic E-state index is 12.8. The molecule has 0 spiro atoms. The van der Waals surface area contributed by atoms with Crippen molar-refractivity contribution in [1.29, 1.82) is 0 Å². The van der Waals surface area contributed by atoms with Crippen molar-refractivity contribution in [3.05, 3.63) is 74.3 Å². The van der Waals surface area contributed by atoms with Gasteiger partial charge in [0.2, 0.25) is 5.91 Å². The van der Waals surface area contributed by atoms with Gasteiger partial charge in [0.15, 0.2) is 0 Å². The second-order valence-corrected chi connectivity index (χ2v) is 8.21. The van der Waals surface area contributed by atoms with Crippen molar-refractivity contribution >= 4 is 45.9 Å². The van der Waals surface area contributed by atoms with Crippen molar-refractivity contribution in [3.63, 3.8) is 0 Å². The molecule has 4 rings (SSSR count). The van der Waals surface area contributed by atoms with Crippen LogP contribution in [-0.2, 0) is 11.3 Å². The van der Waals surface area contributed by atoms with E-state index in [4.69, 9.17) is 23.2 Å². The summed E-state index contributed by atoms with van der Waals surface area (Å²) in [6.07, 6.45) is 0. The number of aromatic nitrogens is 2. The minimum atomic E-state index is -0.234. The number of carbonyl (C=O) groups is 2. The third-order valence-corrected chi connectivity index (χ3v) is 5.97. The normalized spacial score (nSPS) is 14.2. The number of benzene rings is 2. The third kappa shape index (κ3) is 4.29. The Morgan fingerprint density at radius 3 is 2.39 bits per heavy atom. The Labute approximate surface area is 188 Å². The highest BCUT2D eigenvalue weighted by molar-refractivity contribution is 6.36. The molecule has 0 saturated carbocycles. The summed E-state index contributed by atoms with van der Waals surface area (Å²) in [6.45, 7) is 3.16. The fraction of sp³-hybridized carbons (Fsp3) is 0.273. The van der Waals surface area contributed by atoms with Crippen molar-refractivity contribution in [2.24, 2.45) is 0 Å². The summed E-state index contributed by atoms with van der Waals surface area (Å²) < 4.78 is 1.40. The molecule has 0 aliphatic carbocycles. The minimum absolute atomic E-state index is 0.0839. The van der Waals surface area contributed by atoms with Crippen LogP contribution in [-0.4, -0.2) is 57.3 Å². The fourth-order valence-electron chi connectivity index (χ4n) is 3.69. The zero-order valence-corrected chi connectivity index (χ0v) is 18.4. The SMILES string of the molecule is Cc1nc2ccccc2c(=O)n1CC(=O)N1CCN(C(=O)c2ccc(Cl)cc2Cl)CC1. The molecule has 0 radical (unpaired) electrons. The summed E-state index contributed by atoms with van der Waals surface area (Å²) in [6, 6.07) is 11.8. The molecule has 0 bridgehead atoms. The number of hydrogen-bond acceptors (Lipinski definition) is 4. The highest BCUT2D eigenvalue weighted by Gasteiger charge is 2.26. The van der Waals surface area contributed by atoms with E-state index in [9.17, 15) is 14.4 Å². The quantitative estimate of drug-likeness (QED) is 0.604. The number of hydrogen-bond donors (Lipinski definition) is 0. The summed E-state index contributed by atoms with van der Waals surface area (Å²) in [7, 11) is 0. The van der Waals surface area contributed by atoms with E-state index in [0.29, 0.717) is 58.5 Å². The van der Waals surface area contributed by atoms with E-state index in [-0.39, 0.29) is 23.9 Å². The van der Waals surface area contributed by atoms with Gasteiger partial charge in [-0.05, 0) is 37.3 Å². The lowest BCUT2D eigenvalue weighted by Gasteiger charge is -2.35. The number of amides is 2. The summed E-state index contributed by atoms with van der Waals surface area (Å²) >= 11 is 12.0. The van der Waals surface area contributed by atoms with E-state index >= 15 is 0 Å². The minimum Gasteiger partial charge on any atom is -0.338 e. The van der Waals surface area contributed by atoms with Crippen molar-refractivity contribution in [1.82, 2.24) is 19.4 Å². The predicted molar refractivity (Wildman–Crippen MR) is 120 cm³/mol. The maximum atomic E-state index is 12.8. The molecule has 0 unspecified atom stereocenters. The van der Waals surface area contributed by atoms with Crippen LogP contribution in [0.25, 0.3) is 10.9 Å². The molecule has 31 heavy (non-hydrogen) atoms. The standard InChI is InChI=1S/C22H20Cl2N4O3/c1-14-25-19-5-3-2-4-17(19)22(31)28(14)13-20(29)26-8-10-27(11-9-26)21(30)16-7-6-15(23)12-18(16)24/h2-7,12H,8-11,13H2,1H3. The first-order valence-electron chi connectivity index (χ1n) is 9.83. The number of halogens is 2. The highest BCUT2D eigenvalue weighted by atomic mass is 35.5. The van der Waals surface area contributed by atoms with Crippen LogP contribution in [0.15, 0.2) is 47.3 Å². The van der Waals surface area contributed by atoms with Crippen LogP contribution in [0.1, 0.15) is 16.2 Å². The molecule has 1 aliphatic heterocycles. The molecule has 1 aliphatic rings. The highest BCUT2D eigenvalue weighted by Crippen LogP contribution is 2.23. The molecule has 1 fully saturated rings. The van der Waals surface area contributed by atoms with Crippen LogP contribution in [0.4, 0.5) is 0 Å². The summed E-state index contributed by atoms with van der Waals surface area (Å²) in [5.74, 6) is 0.113. The second kappa shape index (κ2) is 8.69. The van der Waals surface area contributed by atoms with Gasteiger partial charge < -0.3 is 9.80 Å². The molecule has 1 aromatic heterocycles. The van der Waals surface area contributed by atoms with Crippen LogP contribution in [0.5, 0.6) is 0 Å². The first kappa shape index (κ1) is 21.3. The second-order valence-electron chi connectivity index (χ2n) is 7.36. The molecule has 1 saturated heterocycles. The maximum Gasteiger partial charge on any atom is 0.261 e. The monoisotopic (exact) mass is 458 g/mol. The largest absolute Gasteiger partial charge is 0.338 e. The van der Waals surface area contributed by atoms with E-state index in [2.05, 4.69) is 4.98 Å². The van der Waals surface area contributed by atoms with Crippen LogP contribution in [0.2, 0.25) is 10.0 Å². The van der Waals surface area contributed by atoms with Gasteiger partial charge in [0.1, 0.15) is 12.4 Å². The molecular formula is C22H20Cl2N4O3. The number of rotatable bonds is 3. The number of fused-ring (bicyclic) bond motifs is 1. The number of nitrogens with zero attached hydrogens (tertiary/aromatic N) is 4. The zero-order chi connectivity index (χ0) is 22.1. The van der Waals surface area contributed by atoms with Crippen molar-refractivity contribution in [2.75, 3.05) is 26.2 Å². The molecule has 7 nitrogen and oxygen atoms in total. The summed E-state index contributed by atoms with van der Waals surface area (Å²) in [4.78, 5) is 46.2. The molecule has 9 heteroatoms. The lowest BCUT2D eigenvalue weighted by atomic mass is 10.1. The van der Waals surface area contributed by atoms with E-state index in [1.54, 1.807) is 47.1 Å².